The minimum Gasteiger partial charge on any atom is -0.465 e. The third-order valence-electron chi connectivity index (χ3n) is 3.21. The number of benzene rings is 1. The maximum absolute atomic E-state index is 11.6. The van der Waals surface area contributed by atoms with Gasteiger partial charge in [0.15, 0.2) is 5.82 Å². The molecule has 0 saturated heterocycles. The summed E-state index contributed by atoms with van der Waals surface area (Å²) in [6.07, 6.45) is 2.53. The van der Waals surface area contributed by atoms with Crippen LogP contribution >= 0.6 is 0 Å². The highest BCUT2D eigenvalue weighted by atomic mass is 16.6. The highest BCUT2D eigenvalue weighted by Crippen LogP contribution is 2.26. The van der Waals surface area contributed by atoms with Gasteiger partial charge in [0.1, 0.15) is 12.0 Å². The van der Waals surface area contributed by atoms with Crippen LogP contribution < -0.4 is 5.32 Å². The number of anilines is 1. The van der Waals surface area contributed by atoms with E-state index in [9.17, 15) is 14.9 Å². The topological polar surface area (TPSA) is 112 Å². The summed E-state index contributed by atoms with van der Waals surface area (Å²) in [5, 5.41) is 21.9. The minimum absolute atomic E-state index is 0.126. The van der Waals surface area contributed by atoms with Crippen molar-refractivity contribution in [3.63, 3.8) is 0 Å². The van der Waals surface area contributed by atoms with Crippen LogP contribution in [0.15, 0.2) is 24.5 Å². The van der Waals surface area contributed by atoms with Crippen molar-refractivity contribution in [2.75, 3.05) is 12.4 Å². The summed E-state index contributed by atoms with van der Waals surface area (Å²) in [5.41, 5.74) is 0.332. The number of methoxy groups -OCH3 is 1. The number of nitro benzene ring substituents is 1. The Morgan fingerprint density at radius 3 is 2.91 bits per heavy atom. The lowest BCUT2D eigenvalue weighted by molar-refractivity contribution is -0.384. The number of hydrogen-bond donors (Lipinski definition) is 1. The van der Waals surface area contributed by atoms with Crippen molar-refractivity contribution in [1.29, 1.82) is 0 Å². The van der Waals surface area contributed by atoms with Crippen molar-refractivity contribution in [2.45, 2.75) is 26.4 Å². The molecule has 0 atom stereocenters. The maximum atomic E-state index is 11.6. The molecule has 0 fully saturated rings. The van der Waals surface area contributed by atoms with Crippen LogP contribution in [0.1, 0.15) is 29.5 Å². The zero-order valence-electron chi connectivity index (χ0n) is 12.9. The molecule has 23 heavy (non-hydrogen) atoms. The van der Waals surface area contributed by atoms with Gasteiger partial charge >= 0.3 is 5.97 Å². The average Bonchev–Trinajstić information content (AvgIpc) is 2.99. The quantitative estimate of drug-likeness (QED) is 0.472. The van der Waals surface area contributed by atoms with Gasteiger partial charge in [0, 0.05) is 12.6 Å². The number of aromatic nitrogens is 3. The third-order valence-corrected chi connectivity index (χ3v) is 3.21. The zero-order chi connectivity index (χ0) is 16.8. The molecule has 0 radical (unpaired) electrons. The first-order valence-electron chi connectivity index (χ1n) is 7.04. The zero-order valence-corrected chi connectivity index (χ0v) is 12.9. The Kier molecular flexibility index (Phi) is 5.23. The van der Waals surface area contributed by atoms with E-state index >= 15 is 0 Å². The molecule has 0 aliphatic heterocycles. The molecule has 1 aromatic carbocycles. The van der Waals surface area contributed by atoms with E-state index < -0.39 is 10.9 Å². The lowest BCUT2D eigenvalue weighted by Gasteiger charge is -2.09. The molecule has 0 amide bonds. The molecule has 1 N–H and O–H groups in total. The number of carbonyl (C=O) groups excluding carboxylic acids is 1. The molecular weight excluding hydrogens is 302 g/mol. The van der Waals surface area contributed by atoms with Gasteiger partial charge < -0.3 is 14.6 Å². The molecule has 9 heteroatoms. The van der Waals surface area contributed by atoms with Gasteiger partial charge in [0.05, 0.1) is 24.1 Å². The number of aryl methyl sites for hydroxylation is 1. The molecule has 2 aromatic rings. The fourth-order valence-corrected chi connectivity index (χ4v) is 2.10. The summed E-state index contributed by atoms with van der Waals surface area (Å²) in [4.78, 5) is 22.2. The van der Waals surface area contributed by atoms with E-state index in [2.05, 4.69) is 20.3 Å². The maximum Gasteiger partial charge on any atom is 0.337 e. The largest absolute Gasteiger partial charge is 0.465 e. The summed E-state index contributed by atoms with van der Waals surface area (Å²) in [5.74, 6) is 0.0988. The van der Waals surface area contributed by atoms with Crippen molar-refractivity contribution in [3.8, 4) is 0 Å². The second-order valence-corrected chi connectivity index (χ2v) is 4.77. The van der Waals surface area contributed by atoms with Crippen LogP contribution in [0, 0.1) is 10.1 Å². The molecular formula is C14H17N5O4. The number of carbonyl (C=O) groups is 1. The van der Waals surface area contributed by atoms with E-state index in [0.717, 1.165) is 13.0 Å². The van der Waals surface area contributed by atoms with Crippen molar-refractivity contribution < 1.29 is 14.5 Å². The summed E-state index contributed by atoms with van der Waals surface area (Å²) in [6.45, 7) is 3.04. The minimum atomic E-state index is -0.558. The lowest BCUT2D eigenvalue weighted by Crippen LogP contribution is -2.10. The van der Waals surface area contributed by atoms with Gasteiger partial charge in [-0.25, -0.2) is 4.79 Å². The molecule has 0 aliphatic carbocycles. The van der Waals surface area contributed by atoms with Crippen molar-refractivity contribution in [2.24, 2.45) is 0 Å². The Balaban J connectivity index is 2.24. The first-order valence-corrected chi connectivity index (χ1v) is 7.04. The van der Waals surface area contributed by atoms with Crippen LogP contribution in [0.25, 0.3) is 0 Å². The van der Waals surface area contributed by atoms with Crippen LogP contribution in [0.5, 0.6) is 0 Å². The predicted molar refractivity (Wildman–Crippen MR) is 82.1 cm³/mol. The van der Waals surface area contributed by atoms with Gasteiger partial charge in [-0.1, -0.05) is 6.92 Å². The third kappa shape index (κ3) is 3.82. The van der Waals surface area contributed by atoms with E-state index in [1.165, 1.54) is 25.3 Å². The van der Waals surface area contributed by atoms with Crippen LogP contribution in [-0.4, -0.2) is 32.8 Å². The van der Waals surface area contributed by atoms with Gasteiger partial charge in [-0.05, 0) is 18.6 Å². The van der Waals surface area contributed by atoms with Gasteiger partial charge in [-0.2, -0.15) is 0 Å². The molecule has 0 unspecified atom stereocenters. The number of nitrogens with one attached hydrogen (secondary N) is 1. The van der Waals surface area contributed by atoms with Crippen LogP contribution in [0.4, 0.5) is 11.4 Å². The van der Waals surface area contributed by atoms with E-state index in [1.807, 2.05) is 11.5 Å². The van der Waals surface area contributed by atoms with E-state index in [-0.39, 0.29) is 23.5 Å². The Morgan fingerprint density at radius 1 is 1.48 bits per heavy atom. The van der Waals surface area contributed by atoms with E-state index in [1.54, 1.807) is 6.33 Å². The number of nitro groups is 1. The summed E-state index contributed by atoms with van der Waals surface area (Å²) in [7, 11) is 1.25. The fourth-order valence-electron chi connectivity index (χ4n) is 2.10. The molecule has 9 nitrogen and oxygen atoms in total. The summed E-state index contributed by atoms with van der Waals surface area (Å²) >= 11 is 0. The van der Waals surface area contributed by atoms with Gasteiger partial charge in [0.2, 0.25) is 0 Å². The van der Waals surface area contributed by atoms with Crippen molar-refractivity contribution in [1.82, 2.24) is 14.8 Å². The summed E-state index contributed by atoms with van der Waals surface area (Å²) < 4.78 is 6.49. The first kappa shape index (κ1) is 16.4. The molecule has 0 bridgehead atoms. The Morgan fingerprint density at radius 2 is 2.26 bits per heavy atom. The van der Waals surface area contributed by atoms with Gasteiger partial charge in [0.25, 0.3) is 5.69 Å². The van der Waals surface area contributed by atoms with E-state index in [0.29, 0.717) is 5.82 Å². The number of ether oxygens (including phenoxy) is 1. The Hall–Kier alpha value is -2.97. The lowest BCUT2D eigenvalue weighted by atomic mass is 10.1. The Bertz CT molecular complexity index is 713. The molecule has 0 saturated carbocycles. The molecule has 2 rings (SSSR count). The molecule has 1 heterocycles. The normalized spacial score (nSPS) is 10.3. The van der Waals surface area contributed by atoms with Crippen molar-refractivity contribution >= 4 is 17.3 Å². The number of rotatable bonds is 7. The number of nitrogens with zero attached hydrogens (tertiary/aromatic N) is 4. The standard InChI is InChI=1S/C14H17N5O4/c1-3-6-18-9-16-17-13(18)8-15-11-7-10(14(20)23-2)4-5-12(11)19(21)22/h4-5,7,9,15H,3,6,8H2,1-2H3. The second-order valence-electron chi connectivity index (χ2n) is 4.77. The van der Waals surface area contributed by atoms with E-state index in [4.69, 9.17) is 0 Å². The number of esters is 1. The average molecular weight is 319 g/mol. The monoisotopic (exact) mass is 319 g/mol. The van der Waals surface area contributed by atoms with Crippen LogP contribution in [0.3, 0.4) is 0 Å². The SMILES string of the molecule is CCCn1cnnc1CNc1cc(C(=O)OC)ccc1[N+](=O)[O-]. The second kappa shape index (κ2) is 7.34. The number of hydrogen-bond acceptors (Lipinski definition) is 7. The Labute approximate surface area is 132 Å². The van der Waals surface area contributed by atoms with Gasteiger partial charge in [-0.15, -0.1) is 10.2 Å². The predicted octanol–water partition coefficient (Wildman–Crippen LogP) is 1.99. The first-order chi connectivity index (χ1) is 11.1. The molecule has 122 valence electrons. The van der Waals surface area contributed by atoms with Crippen LogP contribution in [-0.2, 0) is 17.8 Å². The highest BCUT2D eigenvalue weighted by molar-refractivity contribution is 5.91. The molecule has 1 aromatic heterocycles. The van der Waals surface area contributed by atoms with Crippen LogP contribution in [0.2, 0.25) is 0 Å². The fraction of sp³-hybridized carbons (Fsp3) is 0.357. The smallest absolute Gasteiger partial charge is 0.337 e. The molecule has 0 aliphatic rings. The molecule has 0 spiro atoms. The van der Waals surface area contributed by atoms with Gasteiger partial charge in [-0.3, -0.25) is 10.1 Å². The highest BCUT2D eigenvalue weighted by Gasteiger charge is 2.17. The summed E-state index contributed by atoms with van der Waals surface area (Å²) in [6, 6.07) is 4.02. The van der Waals surface area contributed by atoms with Crippen molar-refractivity contribution in [3.05, 3.63) is 46.0 Å².